The van der Waals surface area contributed by atoms with Gasteiger partial charge in [0.15, 0.2) is 0 Å². The van der Waals surface area contributed by atoms with Crippen molar-refractivity contribution in [2.45, 2.75) is 32.4 Å². The molecule has 1 aromatic rings. The summed E-state index contributed by atoms with van der Waals surface area (Å²) in [4.78, 5) is 14.1. The van der Waals surface area contributed by atoms with Crippen LogP contribution in [0.2, 0.25) is 0 Å². The molecule has 1 saturated heterocycles. The Kier molecular flexibility index (Phi) is 3.03. The number of aromatic nitrogens is 3. The average molecular weight is 249 g/mol. The van der Waals surface area contributed by atoms with Gasteiger partial charge in [0.1, 0.15) is 6.54 Å². The van der Waals surface area contributed by atoms with Crippen LogP contribution in [0.4, 0.5) is 0 Å². The first-order valence-corrected chi connectivity index (χ1v) is 6.63. The second-order valence-corrected chi connectivity index (χ2v) is 5.36. The summed E-state index contributed by atoms with van der Waals surface area (Å²) in [5, 5.41) is 7.80. The van der Waals surface area contributed by atoms with E-state index in [1.807, 2.05) is 4.90 Å². The molecule has 6 nitrogen and oxygen atoms in total. The average Bonchev–Trinajstić information content (AvgIpc) is 3.02. The maximum absolute atomic E-state index is 12.1. The van der Waals surface area contributed by atoms with E-state index in [4.69, 9.17) is 5.73 Å². The van der Waals surface area contributed by atoms with E-state index < -0.39 is 0 Å². The molecule has 2 unspecified atom stereocenters. The van der Waals surface area contributed by atoms with Crippen molar-refractivity contribution < 1.29 is 4.79 Å². The molecular formula is C12H19N5O. The van der Waals surface area contributed by atoms with Gasteiger partial charge in [0.05, 0.1) is 11.9 Å². The summed E-state index contributed by atoms with van der Waals surface area (Å²) in [7, 11) is 0. The number of carbonyl (C=O) groups excluding carboxylic acids is 1. The Balaban J connectivity index is 1.58. The topological polar surface area (TPSA) is 77.0 Å². The van der Waals surface area contributed by atoms with Gasteiger partial charge in [-0.05, 0) is 24.7 Å². The van der Waals surface area contributed by atoms with Crippen LogP contribution in [0, 0.1) is 11.8 Å². The third kappa shape index (κ3) is 2.12. The summed E-state index contributed by atoms with van der Waals surface area (Å²) < 4.78 is 1.58. The van der Waals surface area contributed by atoms with Gasteiger partial charge in [-0.25, -0.2) is 4.68 Å². The highest BCUT2D eigenvalue weighted by molar-refractivity contribution is 5.76. The number of hydrogen-bond donors (Lipinski definition) is 1. The van der Waals surface area contributed by atoms with Crippen LogP contribution in [0.5, 0.6) is 0 Å². The lowest BCUT2D eigenvalue weighted by Crippen LogP contribution is -2.32. The Labute approximate surface area is 106 Å². The lowest BCUT2D eigenvalue weighted by atomic mass is 10.0. The van der Waals surface area contributed by atoms with E-state index >= 15 is 0 Å². The highest BCUT2D eigenvalue weighted by Crippen LogP contribution is 2.37. The maximum Gasteiger partial charge on any atom is 0.244 e. The van der Waals surface area contributed by atoms with Gasteiger partial charge in [-0.1, -0.05) is 11.6 Å². The largest absolute Gasteiger partial charge is 0.341 e. The Bertz CT molecular complexity index is 431. The molecule has 0 aromatic carbocycles. The number of carbonyl (C=O) groups is 1. The van der Waals surface area contributed by atoms with Gasteiger partial charge in [0.2, 0.25) is 5.91 Å². The molecule has 2 aliphatic rings. The van der Waals surface area contributed by atoms with E-state index in [1.165, 1.54) is 19.3 Å². The molecule has 1 saturated carbocycles. The van der Waals surface area contributed by atoms with E-state index in [0.717, 1.165) is 30.6 Å². The van der Waals surface area contributed by atoms with Crippen LogP contribution in [-0.2, 0) is 17.9 Å². The van der Waals surface area contributed by atoms with Crippen LogP contribution >= 0.6 is 0 Å². The fourth-order valence-electron chi connectivity index (χ4n) is 3.19. The minimum atomic E-state index is 0.151. The summed E-state index contributed by atoms with van der Waals surface area (Å²) >= 11 is 0. The highest BCUT2D eigenvalue weighted by Gasteiger charge is 2.37. The molecule has 98 valence electrons. The number of amides is 1. The molecule has 1 aliphatic heterocycles. The van der Waals surface area contributed by atoms with Crippen LogP contribution in [0.15, 0.2) is 6.20 Å². The van der Waals surface area contributed by atoms with Crippen LogP contribution in [0.3, 0.4) is 0 Å². The molecule has 0 radical (unpaired) electrons. The number of hydrogen-bond acceptors (Lipinski definition) is 4. The van der Waals surface area contributed by atoms with Gasteiger partial charge in [-0.15, -0.1) is 5.10 Å². The van der Waals surface area contributed by atoms with Crippen molar-refractivity contribution in [3.63, 3.8) is 0 Å². The molecule has 3 rings (SSSR count). The van der Waals surface area contributed by atoms with Gasteiger partial charge in [-0.2, -0.15) is 0 Å². The molecule has 1 aliphatic carbocycles. The maximum atomic E-state index is 12.1. The molecule has 1 aromatic heterocycles. The molecule has 0 bridgehead atoms. The molecule has 6 heteroatoms. The van der Waals surface area contributed by atoms with E-state index in [0.29, 0.717) is 6.54 Å². The lowest BCUT2D eigenvalue weighted by Gasteiger charge is -2.16. The number of rotatable bonds is 3. The summed E-state index contributed by atoms with van der Waals surface area (Å²) in [5.74, 6) is 1.63. The Morgan fingerprint density at radius 1 is 1.39 bits per heavy atom. The third-order valence-corrected chi connectivity index (χ3v) is 4.17. The lowest BCUT2D eigenvalue weighted by molar-refractivity contribution is -0.131. The molecule has 0 spiro atoms. The molecule has 2 N–H and O–H groups in total. The van der Waals surface area contributed by atoms with Crippen LogP contribution in [-0.4, -0.2) is 38.9 Å². The highest BCUT2D eigenvalue weighted by atomic mass is 16.2. The number of nitrogens with zero attached hydrogens (tertiary/aromatic N) is 4. The fraction of sp³-hybridized carbons (Fsp3) is 0.750. The van der Waals surface area contributed by atoms with Crippen molar-refractivity contribution in [1.82, 2.24) is 19.9 Å². The molecule has 2 atom stereocenters. The van der Waals surface area contributed by atoms with Crippen molar-refractivity contribution in [3.8, 4) is 0 Å². The van der Waals surface area contributed by atoms with Gasteiger partial charge in [-0.3, -0.25) is 4.79 Å². The summed E-state index contributed by atoms with van der Waals surface area (Å²) in [6, 6.07) is 0. The monoisotopic (exact) mass is 249 g/mol. The Morgan fingerprint density at radius 2 is 2.11 bits per heavy atom. The van der Waals surface area contributed by atoms with Gasteiger partial charge in [0.25, 0.3) is 0 Å². The molecular weight excluding hydrogens is 230 g/mol. The number of likely N-dealkylation sites (tertiary alicyclic amines) is 1. The first-order chi connectivity index (χ1) is 8.76. The van der Waals surface area contributed by atoms with E-state index in [2.05, 4.69) is 10.3 Å². The summed E-state index contributed by atoms with van der Waals surface area (Å²) in [5.41, 5.74) is 6.19. The van der Waals surface area contributed by atoms with Gasteiger partial charge < -0.3 is 10.6 Å². The second kappa shape index (κ2) is 4.68. The standard InChI is InChI=1S/C12H19N5O/c13-4-11-7-17(15-14-11)8-12(18)16-5-9-2-1-3-10(9)6-16/h7,9-10H,1-6,8,13H2. The summed E-state index contributed by atoms with van der Waals surface area (Å²) in [6.45, 7) is 2.51. The predicted octanol–water partition coefficient (Wildman–Crippen LogP) is -0.00470. The molecule has 2 fully saturated rings. The van der Waals surface area contributed by atoms with E-state index in [9.17, 15) is 4.79 Å². The van der Waals surface area contributed by atoms with Crippen molar-refractivity contribution in [2.24, 2.45) is 17.6 Å². The normalized spacial score (nSPS) is 26.6. The zero-order valence-corrected chi connectivity index (χ0v) is 10.5. The van der Waals surface area contributed by atoms with Gasteiger partial charge >= 0.3 is 0 Å². The van der Waals surface area contributed by atoms with Gasteiger partial charge in [0, 0.05) is 19.6 Å². The minimum absolute atomic E-state index is 0.151. The molecule has 18 heavy (non-hydrogen) atoms. The van der Waals surface area contributed by atoms with Crippen molar-refractivity contribution in [2.75, 3.05) is 13.1 Å². The van der Waals surface area contributed by atoms with E-state index in [1.54, 1.807) is 10.9 Å². The third-order valence-electron chi connectivity index (χ3n) is 4.17. The molecule has 2 heterocycles. The Hall–Kier alpha value is -1.43. The second-order valence-electron chi connectivity index (χ2n) is 5.36. The van der Waals surface area contributed by atoms with Crippen LogP contribution in [0.25, 0.3) is 0 Å². The van der Waals surface area contributed by atoms with Crippen molar-refractivity contribution in [3.05, 3.63) is 11.9 Å². The molecule has 1 amide bonds. The predicted molar refractivity (Wildman–Crippen MR) is 65.3 cm³/mol. The zero-order chi connectivity index (χ0) is 12.5. The van der Waals surface area contributed by atoms with Crippen molar-refractivity contribution >= 4 is 5.91 Å². The number of nitrogens with two attached hydrogens (primary N) is 1. The SMILES string of the molecule is NCc1cn(CC(=O)N2CC3CCCC3C2)nn1. The first-order valence-electron chi connectivity index (χ1n) is 6.63. The van der Waals surface area contributed by atoms with Crippen molar-refractivity contribution in [1.29, 1.82) is 0 Å². The minimum Gasteiger partial charge on any atom is -0.341 e. The van der Waals surface area contributed by atoms with E-state index in [-0.39, 0.29) is 12.5 Å². The fourth-order valence-corrected chi connectivity index (χ4v) is 3.19. The Morgan fingerprint density at radius 3 is 2.72 bits per heavy atom. The first kappa shape index (κ1) is 11.6. The smallest absolute Gasteiger partial charge is 0.244 e. The quantitative estimate of drug-likeness (QED) is 0.817. The van der Waals surface area contributed by atoms with Crippen LogP contribution in [0.1, 0.15) is 25.0 Å². The summed E-state index contributed by atoms with van der Waals surface area (Å²) in [6.07, 6.45) is 5.65. The van der Waals surface area contributed by atoms with Crippen LogP contribution < -0.4 is 5.73 Å². The number of fused-ring (bicyclic) bond motifs is 1. The zero-order valence-electron chi connectivity index (χ0n) is 10.5.